The van der Waals surface area contributed by atoms with Crippen LogP contribution >= 0.6 is 0 Å². The predicted molar refractivity (Wildman–Crippen MR) is 75.1 cm³/mol. The van der Waals surface area contributed by atoms with Crippen LogP contribution in [0.5, 0.6) is 11.5 Å². The smallest absolute Gasteiger partial charge is 0.271 e. The average molecular weight is 274 g/mol. The fourth-order valence-corrected chi connectivity index (χ4v) is 1.80. The molecule has 0 aliphatic heterocycles. The van der Waals surface area contributed by atoms with Crippen LogP contribution in [-0.4, -0.2) is 17.1 Å². The number of nitrogens with zero attached hydrogens (tertiary/aromatic N) is 1. The summed E-state index contributed by atoms with van der Waals surface area (Å²) in [4.78, 5) is 10.2. The highest BCUT2D eigenvalue weighted by Crippen LogP contribution is 2.30. The van der Waals surface area contributed by atoms with Crippen molar-refractivity contribution in [3.8, 4) is 11.5 Å². The van der Waals surface area contributed by atoms with Gasteiger partial charge in [-0.15, -0.1) is 0 Å². The van der Waals surface area contributed by atoms with Crippen molar-refractivity contribution in [2.24, 2.45) is 0 Å². The molecule has 0 aromatic heterocycles. The van der Waals surface area contributed by atoms with E-state index in [9.17, 15) is 15.2 Å². The van der Waals surface area contributed by atoms with Crippen LogP contribution in [0.15, 0.2) is 42.5 Å². The predicted octanol–water partition coefficient (Wildman–Crippen LogP) is 2.92. The lowest BCUT2D eigenvalue weighted by Gasteiger charge is -2.10. The van der Waals surface area contributed by atoms with E-state index in [1.165, 1.54) is 19.2 Å². The maximum Gasteiger partial charge on any atom is 0.271 e. The molecule has 0 heterocycles. The van der Waals surface area contributed by atoms with Crippen molar-refractivity contribution in [1.29, 1.82) is 0 Å². The second-order valence-electron chi connectivity index (χ2n) is 4.13. The highest BCUT2D eigenvalue weighted by Gasteiger charge is 2.08. The number of hydrogen-bond donors (Lipinski definition) is 2. The van der Waals surface area contributed by atoms with Crippen molar-refractivity contribution in [2.45, 2.75) is 6.54 Å². The molecule has 20 heavy (non-hydrogen) atoms. The zero-order valence-electron chi connectivity index (χ0n) is 10.9. The van der Waals surface area contributed by atoms with Crippen LogP contribution in [-0.2, 0) is 6.54 Å². The number of aromatic hydroxyl groups is 1. The molecule has 6 nitrogen and oxygen atoms in total. The van der Waals surface area contributed by atoms with Gasteiger partial charge in [-0.3, -0.25) is 10.1 Å². The molecule has 2 aromatic rings. The molecule has 2 rings (SSSR count). The molecule has 0 unspecified atom stereocenters. The van der Waals surface area contributed by atoms with E-state index in [-0.39, 0.29) is 11.4 Å². The summed E-state index contributed by atoms with van der Waals surface area (Å²) >= 11 is 0. The Labute approximate surface area is 115 Å². The van der Waals surface area contributed by atoms with Gasteiger partial charge in [-0.2, -0.15) is 0 Å². The largest absolute Gasteiger partial charge is 0.504 e. The number of para-hydroxylation sites is 1. The van der Waals surface area contributed by atoms with Gasteiger partial charge in [0.05, 0.1) is 12.0 Å². The molecule has 2 N–H and O–H groups in total. The van der Waals surface area contributed by atoms with E-state index in [0.29, 0.717) is 23.5 Å². The number of non-ortho nitro benzene ring substituents is 1. The van der Waals surface area contributed by atoms with Gasteiger partial charge < -0.3 is 15.2 Å². The summed E-state index contributed by atoms with van der Waals surface area (Å²) < 4.78 is 5.02. The number of phenolic OH excluding ortho intramolecular Hbond substituents is 1. The Morgan fingerprint density at radius 2 is 2.05 bits per heavy atom. The average Bonchev–Trinajstić information content (AvgIpc) is 2.46. The monoisotopic (exact) mass is 274 g/mol. The summed E-state index contributed by atoms with van der Waals surface area (Å²) in [5, 5.41) is 23.7. The molecule has 104 valence electrons. The lowest BCUT2D eigenvalue weighted by Crippen LogP contribution is -2.01. The first-order chi connectivity index (χ1) is 9.61. The molecule has 0 spiro atoms. The van der Waals surface area contributed by atoms with Crippen molar-refractivity contribution in [2.75, 3.05) is 12.4 Å². The molecule has 0 saturated heterocycles. The van der Waals surface area contributed by atoms with Crippen LogP contribution in [0.2, 0.25) is 0 Å². The molecule has 0 atom stereocenters. The Morgan fingerprint density at radius 3 is 2.75 bits per heavy atom. The van der Waals surface area contributed by atoms with Gasteiger partial charge in [-0.25, -0.2) is 0 Å². The van der Waals surface area contributed by atoms with E-state index in [0.717, 1.165) is 0 Å². The van der Waals surface area contributed by atoms with Crippen LogP contribution in [0, 0.1) is 10.1 Å². The number of hydrogen-bond acceptors (Lipinski definition) is 5. The van der Waals surface area contributed by atoms with Gasteiger partial charge in [-0.1, -0.05) is 18.2 Å². The fraction of sp³-hybridized carbons (Fsp3) is 0.143. The molecule has 0 saturated carbocycles. The Kier molecular flexibility index (Phi) is 4.05. The number of nitrogens with one attached hydrogen (secondary N) is 1. The molecular formula is C14H14N2O4. The Bertz CT molecular complexity index is 628. The normalized spacial score (nSPS) is 10.1. The van der Waals surface area contributed by atoms with Gasteiger partial charge in [0, 0.05) is 29.9 Å². The van der Waals surface area contributed by atoms with Crippen molar-refractivity contribution in [3.63, 3.8) is 0 Å². The van der Waals surface area contributed by atoms with Crippen LogP contribution < -0.4 is 10.1 Å². The fourth-order valence-electron chi connectivity index (χ4n) is 1.80. The third-order valence-corrected chi connectivity index (χ3v) is 2.84. The Hall–Kier alpha value is -2.76. The topological polar surface area (TPSA) is 84.6 Å². The summed E-state index contributed by atoms with van der Waals surface area (Å²) in [6.07, 6.45) is 0. The number of anilines is 1. The van der Waals surface area contributed by atoms with E-state index in [2.05, 4.69) is 5.32 Å². The zero-order valence-corrected chi connectivity index (χ0v) is 10.9. The lowest BCUT2D eigenvalue weighted by atomic mass is 10.1. The second kappa shape index (κ2) is 5.92. The first-order valence-corrected chi connectivity index (χ1v) is 5.95. The number of methoxy groups -OCH3 is 1. The van der Waals surface area contributed by atoms with Crippen LogP contribution in [0.25, 0.3) is 0 Å². The summed E-state index contributed by atoms with van der Waals surface area (Å²) in [6.45, 7) is 0.338. The van der Waals surface area contributed by atoms with Gasteiger partial charge in [0.15, 0.2) is 11.5 Å². The number of ether oxygens (including phenoxy) is 1. The third-order valence-electron chi connectivity index (χ3n) is 2.84. The Morgan fingerprint density at radius 1 is 1.30 bits per heavy atom. The van der Waals surface area contributed by atoms with Gasteiger partial charge in [-0.05, 0) is 12.1 Å². The van der Waals surface area contributed by atoms with Crippen molar-refractivity contribution >= 4 is 11.4 Å². The first-order valence-electron chi connectivity index (χ1n) is 5.95. The minimum absolute atomic E-state index is 0.0184. The van der Waals surface area contributed by atoms with E-state index >= 15 is 0 Å². The van der Waals surface area contributed by atoms with Gasteiger partial charge in [0.1, 0.15) is 0 Å². The van der Waals surface area contributed by atoms with E-state index < -0.39 is 4.92 Å². The molecular weight excluding hydrogens is 260 g/mol. The first kappa shape index (κ1) is 13.7. The summed E-state index contributed by atoms with van der Waals surface area (Å²) in [5.74, 6) is 0.455. The highest BCUT2D eigenvalue weighted by atomic mass is 16.6. The van der Waals surface area contributed by atoms with E-state index in [1.807, 2.05) is 0 Å². The number of benzene rings is 2. The number of phenols is 1. The number of rotatable bonds is 5. The minimum atomic E-state index is -0.450. The zero-order chi connectivity index (χ0) is 14.5. The number of nitro groups is 1. The standard InChI is InChI=1S/C14H14N2O4/c1-20-13-7-2-4-10(14(13)17)9-15-11-5-3-6-12(8-11)16(18)19/h2-8,15,17H,9H2,1H3. The molecule has 0 radical (unpaired) electrons. The van der Waals surface area contributed by atoms with Crippen LogP contribution in [0.1, 0.15) is 5.56 Å². The van der Waals surface area contributed by atoms with Gasteiger partial charge >= 0.3 is 0 Å². The van der Waals surface area contributed by atoms with Gasteiger partial charge in [0.2, 0.25) is 0 Å². The summed E-state index contributed by atoms with van der Waals surface area (Å²) in [7, 11) is 1.48. The molecule has 0 aliphatic carbocycles. The molecule has 0 amide bonds. The van der Waals surface area contributed by atoms with Crippen molar-refractivity contribution in [1.82, 2.24) is 0 Å². The molecule has 6 heteroatoms. The highest BCUT2D eigenvalue weighted by molar-refractivity contribution is 5.53. The number of nitro benzene ring substituents is 1. The van der Waals surface area contributed by atoms with E-state index in [1.54, 1.807) is 30.3 Å². The minimum Gasteiger partial charge on any atom is -0.504 e. The Balaban J connectivity index is 2.13. The third kappa shape index (κ3) is 2.97. The summed E-state index contributed by atoms with van der Waals surface area (Å²) in [6, 6.07) is 11.4. The SMILES string of the molecule is COc1cccc(CNc2cccc([N+](=O)[O-])c2)c1O. The molecule has 0 bridgehead atoms. The molecule has 0 fully saturated rings. The second-order valence-corrected chi connectivity index (χ2v) is 4.13. The van der Waals surface area contributed by atoms with Gasteiger partial charge in [0.25, 0.3) is 5.69 Å². The van der Waals surface area contributed by atoms with Crippen molar-refractivity contribution < 1.29 is 14.8 Å². The van der Waals surface area contributed by atoms with E-state index in [4.69, 9.17) is 4.74 Å². The summed E-state index contributed by atoms with van der Waals surface area (Å²) in [5.41, 5.74) is 1.28. The maximum absolute atomic E-state index is 10.7. The van der Waals surface area contributed by atoms with Crippen LogP contribution in [0.4, 0.5) is 11.4 Å². The quantitative estimate of drug-likeness (QED) is 0.646. The van der Waals surface area contributed by atoms with Crippen LogP contribution in [0.3, 0.4) is 0 Å². The molecule has 0 aliphatic rings. The van der Waals surface area contributed by atoms with Crippen molar-refractivity contribution in [3.05, 3.63) is 58.1 Å². The lowest BCUT2D eigenvalue weighted by molar-refractivity contribution is -0.384. The molecule has 2 aromatic carbocycles. The maximum atomic E-state index is 10.7.